The second-order valence-electron chi connectivity index (χ2n) is 4.51. The number of anilines is 2. The summed E-state index contributed by atoms with van der Waals surface area (Å²) in [5, 5.41) is 5.39. The van der Waals surface area contributed by atoms with Gasteiger partial charge in [-0.2, -0.15) is 0 Å². The lowest BCUT2D eigenvalue weighted by atomic mass is 10.1. The summed E-state index contributed by atoms with van der Waals surface area (Å²) in [6, 6.07) is 8.99. The van der Waals surface area contributed by atoms with Gasteiger partial charge >= 0.3 is 6.03 Å². The van der Waals surface area contributed by atoms with E-state index in [0.29, 0.717) is 11.4 Å². The maximum atomic E-state index is 12.8. The minimum atomic E-state index is -0.363. The molecule has 0 radical (unpaired) electrons. The van der Waals surface area contributed by atoms with Crippen molar-refractivity contribution in [1.29, 1.82) is 0 Å². The molecule has 0 saturated heterocycles. The molecule has 2 aromatic carbocycles. The highest BCUT2D eigenvalue weighted by Crippen LogP contribution is 2.25. The summed E-state index contributed by atoms with van der Waals surface area (Å²) in [4.78, 5) is 11.8. The van der Waals surface area contributed by atoms with Crippen LogP contribution in [0.15, 0.2) is 40.9 Å². The molecule has 2 aromatic rings. The number of amides is 2. The normalized spacial score (nSPS) is 10.2. The molecule has 2 N–H and O–H groups in total. The summed E-state index contributed by atoms with van der Waals surface area (Å²) >= 11 is 3.48. The molecule has 20 heavy (non-hydrogen) atoms. The van der Waals surface area contributed by atoms with Gasteiger partial charge in [0.05, 0.1) is 0 Å². The molecule has 0 aliphatic carbocycles. The predicted octanol–water partition coefficient (Wildman–Crippen LogP) is 4.85. The van der Waals surface area contributed by atoms with Crippen molar-refractivity contribution < 1.29 is 9.18 Å². The van der Waals surface area contributed by atoms with E-state index in [1.807, 2.05) is 26.0 Å². The topological polar surface area (TPSA) is 41.1 Å². The zero-order valence-electron chi connectivity index (χ0n) is 11.1. The van der Waals surface area contributed by atoms with E-state index in [0.717, 1.165) is 15.6 Å². The smallest absolute Gasteiger partial charge is 0.308 e. The fraction of sp³-hybridized carbons (Fsp3) is 0.133. The highest BCUT2D eigenvalue weighted by atomic mass is 79.9. The molecule has 0 aliphatic heterocycles. The molecule has 0 aromatic heterocycles. The zero-order valence-corrected chi connectivity index (χ0v) is 12.7. The Hall–Kier alpha value is -1.88. The van der Waals surface area contributed by atoms with Crippen molar-refractivity contribution in [1.82, 2.24) is 0 Å². The van der Waals surface area contributed by atoms with Crippen molar-refractivity contribution in [3.8, 4) is 0 Å². The van der Waals surface area contributed by atoms with Crippen LogP contribution in [0.2, 0.25) is 0 Å². The lowest BCUT2D eigenvalue weighted by Gasteiger charge is -2.10. The van der Waals surface area contributed by atoms with Gasteiger partial charge < -0.3 is 10.6 Å². The second-order valence-corrected chi connectivity index (χ2v) is 5.30. The van der Waals surface area contributed by atoms with Crippen LogP contribution < -0.4 is 10.6 Å². The summed E-state index contributed by atoms with van der Waals surface area (Å²) in [6.45, 7) is 3.92. The third-order valence-electron chi connectivity index (χ3n) is 2.80. The average molecular weight is 337 g/mol. The summed E-state index contributed by atoms with van der Waals surface area (Å²) in [6.07, 6.45) is 0. The number of aryl methyl sites for hydroxylation is 2. The van der Waals surface area contributed by atoms with Crippen LogP contribution in [0.5, 0.6) is 0 Å². The van der Waals surface area contributed by atoms with Crippen LogP contribution in [0.3, 0.4) is 0 Å². The lowest BCUT2D eigenvalue weighted by Crippen LogP contribution is -2.19. The number of nitrogens with one attached hydrogen (secondary N) is 2. The standard InChI is InChI=1S/C15H14BrFN2O/c1-9-7-13(8-10(2)14(9)16)19-15(20)18-12-5-3-11(17)4-6-12/h3-8H,1-2H3,(H2,18,19,20). The molecule has 0 saturated carbocycles. The molecular weight excluding hydrogens is 323 g/mol. The highest BCUT2D eigenvalue weighted by molar-refractivity contribution is 9.10. The fourth-order valence-electron chi connectivity index (χ4n) is 1.84. The molecule has 0 bridgehead atoms. The number of carbonyl (C=O) groups excluding carboxylic acids is 1. The van der Waals surface area contributed by atoms with Crippen LogP contribution in [0.1, 0.15) is 11.1 Å². The van der Waals surface area contributed by atoms with Crippen molar-refractivity contribution in [2.24, 2.45) is 0 Å². The molecule has 0 heterocycles. The molecular formula is C15H14BrFN2O. The molecule has 0 aliphatic rings. The monoisotopic (exact) mass is 336 g/mol. The average Bonchev–Trinajstić information content (AvgIpc) is 2.38. The maximum Gasteiger partial charge on any atom is 0.323 e. The SMILES string of the molecule is Cc1cc(NC(=O)Nc2ccc(F)cc2)cc(C)c1Br. The molecule has 3 nitrogen and oxygen atoms in total. The largest absolute Gasteiger partial charge is 0.323 e. The minimum absolute atomic E-state index is 0.338. The predicted molar refractivity (Wildman–Crippen MR) is 82.7 cm³/mol. The van der Waals surface area contributed by atoms with E-state index in [1.165, 1.54) is 24.3 Å². The zero-order chi connectivity index (χ0) is 14.7. The Morgan fingerprint density at radius 2 is 1.50 bits per heavy atom. The quantitative estimate of drug-likeness (QED) is 0.808. The number of halogens is 2. The van der Waals surface area contributed by atoms with Crippen LogP contribution in [0, 0.1) is 19.7 Å². The number of hydrogen-bond donors (Lipinski definition) is 2. The first-order valence-corrected chi connectivity index (χ1v) is 6.85. The number of benzene rings is 2. The molecule has 0 fully saturated rings. The number of carbonyl (C=O) groups is 1. The Balaban J connectivity index is 2.06. The Bertz CT molecular complexity index is 618. The van der Waals surface area contributed by atoms with Crippen molar-refractivity contribution >= 4 is 33.3 Å². The fourth-order valence-corrected chi connectivity index (χ4v) is 2.07. The summed E-state index contributed by atoms with van der Waals surface area (Å²) in [5.74, 6) is -0.338. The molecule has 2 amide bonds. The summed E-state index contributed by atoms with van der Waals surface area (Å²) in [5.41, 5.74) is 3.33. The van der Waals surface area contributed by atoms with E-state index in [4.69, 9.17) is 0 Å². The van der Waals surface area contributed by atoms with Gasteiger partial charge in [0.2, 0.25) is 0 Å². The van der Waals surface area contributed by atoms with Gasteiger partial charge in [0.15, 0.2) is 0 Å². The van der Waals surface area contributed by atoms with Crippen molar-refractivity contribution in [2.75, 3.05) is 10.6 Å². The van der Waals surface area contributed by atoms with Crippen LogP contribution in [0.25, 0.3) is 0 Å². The van der Waals surface area contributed by atoms with Crippen molar-refractivity contribution in [3.63, 3.8) is 0 Å². The van der Waals surface area contributed by atoms with E-state index in [1.54, 1.807) is 0 Å². The van der Waals surface area contributed by atoms with Crippen LogP contribution in [0.4, 0.5) is 20.6 Å². The van der Waals surface area contributed by atoms with Gasteiger partial charge in [0.1, 0.15) is 5.82 Å². The van der Waals surface area contributed by atoms with Crippen LogP contribution in [-0.2, 0) is 0 Å². The summed E-state index contributed by atoms with van der Waals surface area (Å²) in [7, 11) is 0. The molecule has 104 valence electrons. The Kier molecular flexibility index (Phi) is 4.39. The number of urea groups is 1. The minimum Gasteiger partial charge on any atom is -0.308 e. The molecule has 2 rings (SSSR count). The first-order valence-electron chi connectivity index (χ1n) is 6.06. The van der Waals surface area contributed by atoms with E-state index < -0.39 is 0 Å². The Morgan fingerprint density at radius 1 is 1.00 bits per heavy atom. The number of hydrogen-bond acceptors (Lipinski definition) is 1. The van der Waals surface area contributed by atoms with Crippen molar-refractivity contribution in [2.45, 2.75) is 13.8 Å². The highest BCUT2D eigenvalue weighted by Gasteiger charge is 2.06. The summed E-state index contributed by atoms with van der Waals surface area (Å²) < 4.78 is 13.8. The van der Waals surface area contributed by atoms with Gasteiger partial charge in [-0.1, -0.05) is 15.9 Å². The van der Waals surface area contributed by atoms with Crippen LogP contribution in [-0.4, -0.2) is 6.03 Å². The molecule has 5 heteroatoms. The van der Waals surface area contributed by atoms with E-state index in [-0.39, 0.29) is 11.8 Å². The second kappa shape index (κ2) is 6.05. The Morgan fingerprint density at radius 3 is 2.05 bits per heavy atom. The lowest BCUT2D eigenvalue weighted by molar-refractivity contribution is 0.262. The third-order valence-corrected chi connectivity index (χ3v) is 4.05. The van der Waals surface area contributed by atoms with E-state index in [9.17, 15) is 9.18 Å². The first kappa shape index (κ1) is 14.5. The maximum absolute atomic E-state index is 12.8. The Labute approximate surface area is 125 Å². The van der Waals surface area contributed by atoms with E-state index in [2.05, 4.69) is 26.6 Å². The first-order chi connectivity index (χ1) is 9.45. The van der Waals surface area contributed by atoms with Gasteiger partial charge in [-0.3, -0.25) is 0 Å². The molecule has 0 unspecified atom stereocenters. The van der Waals surface area contributed by atoms with Crippen molar-refractivity contribution in [3.05, 3.63) is 57.8 Å². The number of rotatable bonds is 2. The van der Waals surface area contributed by atoms with Crippen LogP contribution >= 0.6 is 15.9 Å². The third kappa shape index (κ3) is 3.57. The van der Waals surface area contributed by atoms with Gasteiger partial charge in [0, 0.05) is 15.8 Å². The molecule has 0 spiro atoms. The van der Waals surface area contributed by atoms with Gasteiger partial charge in [-0.15, -0.1) is 0 Å². The van der Waals surface area contributed by atoms with E-state index >= 15 is 0 Å². The van der Waals surface area contributed by atoms with Gasteiger partial charge in [-0.25, -0.2) is 9.18 Å². The van der Waals surface area contributed by atoms with Gasteiger partial charge in [0.25, 0.3) is 0 Å². The molecule has 0 atom stereocenters. The van der Waals surface area contributed by atoms with Gasteiger partial charge in [-0.05, 0) is 61.4 Å².